The van der Waals surface area contributed by atoms with Gasteiger partial charge in [0.2, 0.25) is 5.91 Å². The van der Waals surface area contributed by atoms with Crippen molar-refractivity contribution in [1.82, 2.24) is 0 Å². The number of halogens is 2. The molecule has 8 heteroatoms. The highest BCUT2D eigenvalue weighted by Crippen LogP contribution is 2.27. The Balaban J connectivity index is 2.73. The standard InChI is InChI=1S/C11H13BrClNO4S/c1-2-5-18-7-11(15)14-10-4-3-8(6-9(10)12)19(13,16)17/h3-4,6H,2,5,7H2,1H3,(H,14,15). The molecule has 106 valence electrons. The molecule has 0 fully saturated rings. The highest BCUT2D eigenvalue weighted by Gasteiger charge is 2.13. The predicted octanol–water partition coefficient (Wildman–Crippen LogP) is 2.74. The molecule has 5 nitrogen and oxygen atoms in total. The summed E-state index contributed by atoms with van der Waals surface area (Å²) < 4.78 is 27.8. The first-order valence-electron chi connectivity index (χ1n) is 5.46. The molecule has 1 amide bonds. The first-order valence-corrected chi connectivity index (χ1v) is 8.56. The van der Waals surface area contributed by atoms with Crippen molar-refractivity contribution < 1.29 is 17.9 Å². The van der Waals surface area contributed by atoms with E-state index in [-0.39, 0.29) is 17.4 Å². The molecule has 0 saturated carbocycles. The Bertz CT molecular complexity index is 562. The number of hydrogen-bond donors (Lipinski definition) is 1. The SMILES string of the molecule is CCCOCC(=O)Nc1ccc(S(=O)(=O)Cl)cc1Br. The zero-order valence-corrected chi connectivity index (χ0v) is 13.3. The van der Waals surface area contributed by atoms with Gasteiger partial charge in [0.05, 0.1) is 10.6 Å². The summed E-state index contributed by atoms with van der Waals surface area (Å²) in [4.78, 5) is 11.5. The number of benzene rings is 1. The summed E-state index contributed by atoms with van der Waals surface area (Å²) in [7, 11) is 1.43. The first-order chi connectivity index (χ1) is 8.84. The van der Waals surface area contributed by atoms with Crippen LogP contribution in [0.2, 0.25) is 0 Å². The number of rotatable bonds is 6. The summed E-state index contributed by atoms with van der Waals surface area (Å²) in [5.41, 5.74) is 0.453. The quantitative estimate of drug-likeness (QED) is 0.617. The number of anilines is 1. The number of ether oxygens (including phenoxy) is 1. The second-order valence-electron chi connectivity index (χ2n) is 3.68. The summed E-state index contributed by atoms with van der Waals surface area (Å²) in [6, 6.07) is 4.09. The van der Waals surface area contributed by atoms with E-state index in [0.29, 0.717) is 16.8 Å². The highest BCUT2D eigenvalue weighted by molar-refractivity contribution is 9.10. The second-order valence-corrected chi connectivity index (χ2v) is 7.10. The van der Waals surface area contributed by atoms with Crippen LogP contribution in [0.4, 0.5) is 5.69 Å². The van der Waals surface area contributed by atoms with Crippen LogP contribution in [0.25, 0.3) is 0 Å². The molecule has 0 aliphatic rings. The normalized spacial score (nSPS) is 11.3. The van der Waals surface area contributed by atoms with Gasteiger partial charge in [0.1, 0.15) is 6.61 Å². The van der Waals surface area contributed by atoms with E-state index in [2.05, 4.69) is 21.2 Å². The maximum atomic E-state index is 11.5. The van der Waals surface area contributed by atoms with Gasteiger partial charge >= 0.3 is 0 Å². The zero-order valence-electron chi connectivity index (χ0n) is 10.2. The molecular weight excluding hydrogens is 358 g/mol. The van der Waals surface area contributed by atoms with E-state index in [9.17, 15) is 13.2 Å². The van der Waals surface area contributed by atoms with Crippen LogP contribution < -0.4 is 5.32 Å². The fourth-order valence-corrected chi connectivity index (χ4v) is 2.65. The molecule has 0 aromatic heterocycles. The third-order valence-electron chi connectivity index (χ3n) is 2.08. The van der Waals surface area contributed by atoms with Gasteiger partial charge < -0.3 is 10.1 Å². The molecule has 0 heterocycles. The van der Waals surface area contributed by atoms with Gasteiger partial charge in [0, 0.05) is 21.8 Å². The van der Waals surface area contributed by atoms with Crippen molar-refractivity contribution in [2.24, 2.45) is 0 Å². The lowest BCUT2D eigenvalue weighted by molar-refractivity contribution is -0.120. The van der Waals surface area contributed by atoms with Crippen LogP contribution in [-0.4, -0.2) is 27.5 Å². The zero-order chi connectivity index (χ0) is 14.5. The molecule has 0 bridgehead atoms. The third kappa shape index (κ3) is 5.48. The van der Waals surface area contributed by atoms with E-state index in [1.54, 1.807) is 0 Å². The van der Waals surface area contributed by atoms with Gasteiger partial charge in [-0.1, -0.05) is 6.92 Å². The van der Waals surface area contributed by atoms with Gasteiger partial charge in [-0.3, -0.25) is 4.79 Å². The Morgan fingerprint density at radius 3 is 2.68 bits per heavy atom. The second kappa shape index (κ2) is 7.23. The van der Waals surface area contributed by atoms with E-state index in [0.717, 1.165) is 6.42 Å². The highest BCUT2D eigenvalue weighted by atomic mass is 79.9. The lowest BCUT2D eigenvalue weighted by atomic mass is 10.3. The number of carbonyl (C=O) groups is 1. The molecule has 1 N–H and O–H groups in total. The van der Waals surface area contributed by atoms with Crippen LogP contribution in [0.3, 0.4) is 0 Å². The number of nitrogens with one attached hydrogen (secondary N) is 1. The Kier molecular flexibility index (Phi) is 6.25. The number of amides is 1. The molecule has 0 unspecified atom stereocenters. The van der Waals surface area contributed by atoms with Crippen LogP contribution >= 0.6 is 26.6 Å². The van der Waals surface area contributed by atoms with Crippen LogP contribution in [0, 0.1) is 0 Å². The van der Waals surface area contributed by atoms with Crippen molar-refractivity contribution in [3.8, 4) is 0 Å². The Morgan fingerprint density at radius 2 is 2.16 bits per heavy atom. The Hall–Kier alpha value is -0.630. The minimum Gasteiger partial charge on any atom is -0.372 e. The van der Waals surface area contributed by atoms with E-state index in [1.165, 1.54) is 18.2 Å². The van der Waals surface area contributed by atoms with Gasteiger partial charge in [0.25, 0.3) is 9.05 Å². The number of hydrogen-bond acceptors (Lipinski definition) is 4. The van der Waals surface area contributed by atoms with Crippen molar-refractivity contribution in [1.29, 1.82) is 0 Å². The van der Waals surface area contributed by atoms with Crippen LogP contribution in [-0.2, 0) is 18.6 Å². The third-order valence-corrected chi connectivity index (χ3v) is 4.09. The topological polar surface area (TPSA) is 72.5 Å². The van der Waals surface area contributed by atoms with Crippen LogP contribution in [0.5, 0.6) is 0 Å². The number of carbonyl (C=O) groups excluding carboxylic acids is 1. The molecule has 0 spiro atoms. The molecule has 19 heavy (non-hydrogen) atoms. The van der Waals surface area contributed by atoms with Crippen LogP contribution in [0.1, 0.15) is 13.3 Å². The summed E-state index contributed by atoms with van der Waals surface area (Å²) >= 11 is 3.17. The fourth-order valence-electron chi connectivity index (χ4n) is 1.24. The van der Waals surface area contributed by atoms with Gasteiger partial charge in [-0.15, -0.1) is 0 Å². The fraction of sp³-hybridized carbons (Fsp3) is 0.364. The van der Waals surface area contributed by atoms with Crippen molar-refractivity contribution in [2.75, 3.05) is 18.5 Å². The van der Waals surface area contributed by atoms with Gasteiger partial charge in [-0.05, 0) is 40.5 Å². The average Bonchev–Trinajstić information content (AvgIpc) is 2.31. The molecule has 0 saturated heterocycles. The van der Waals surface area contributed by atoms with Gasteiger partial charge in [-0.25, -0.2) is 8.42 Å². The first kappa shape index (κ1) is 16.4. The van der Waals surface area contributed by atoms with Crippen molar-refractivity contribution in [2.45, 2.75) is 18.2 Å². The summed E-state index contributed by atoms with van der Waals surface area (Å²) in [5.74, 6) is -0.310. The average molecular weight is 371 g/mol. The van der Waals surface area contributed by atoms with Gasteiger partial charge in [-0.2, -0.15) is 0 Å². The minimum absolute atomic E-state index is 0.0405. The molecule has 1 rings (SSSR count). The maximum Gasteiger partial charge on any atom is 0.261 e. The molecule has 0 aliphatic heterocycles. The Morgan fingerprint density at radius 1 is 1.47 bits per heavy atom. The van der Waals surface area contributed by atoms with Gasteiger partial charge in [0.15, 0.2) is 0 Å². The lowest BCUT2D eigenvalue weighted by Crippen LogP contribution is -2.18. The van der Waals surface area contributed by atoms with Crippen LogP contribution in [0.15, 0.2) is 27.6 Å². The molecule has 0 atom stereocenters. The predicted molar refractivity (Wildman–Crippen MR) is 76.9 cm³/mol. The van der Waals surface area contributed by atoms with E-state index in [1.807, 2.05) is 6.92 Å². The van der Waals surface area contributed by atoms with Crippen molar-refractivity contribution in [3.63, 3.8) is 0 Å². The largest absolute Gasteiger partial charge is 0.372 e. The van der Waals surface area contributed by atoms with E-state index >= 15 is 0 Å². The monoisotopic (exact) mass is 369 g/mol. The molecule has 0 aliphatic carbocycles. The molecule has 1 aromatic carbocycles. The van der Waals surface area contributed by atoms with Crippen molar-refractivity contribution in [3.05, 3.63) is 22.7 Å². The molecule has 0 radical (unpaired) electrons. The maximum absolute atomic E-state index is 11.5. The summed E-state index contributed by atoms with van der Waals surface area (Å²) in [5, 5.41) is 2.60. The lowest BCUT2D eigenvalue weighted by Gasteiger charge is -2.08. The van der Waals surface area contributed by atoms with E-state index < -0.39 is 9.05 Å². The molecule has 1 aromatic rings. The minimum atomic E-state index is -3.78. The van der Waals surface area contributed by atoms with Crippen molar-refractivity contribution >= 4 is 47.3 Å². The van der Waals surface area contributed by atoms with E-state index in [4.69, 9.17) is 15.4 Å². The Labute approximate surface area is 124 Å². The summed E-state index contributed by atoms with van der Waals surface area (Å²) in [6.45, 7) is 2.41. The smallest absolute Gasteiger partial charge is 0.261 e. The molecular formula is C11H13BrClNO4S. The summed E-state index contributed by atoms with van der Waals surface area (Å²) in [6.07, 6.45) is 0.833.